The Kier molecular flexibility index (Phi) is 6.53. The normalized spacial score (nSPS) is 9.27. The van der Waals surface area contributed by atoms with Gasteiger partial charge in [-0.05, 0) is 6.07 Å². The van der Waals surface area contributed by atoms with Crippen LogP contribution < -0.4 is 4.74 Å². The van der Waals surface area contributed by atoms with Gasteiger partial charge >= 0.3 is 5.97 Å². The third-order valence-electron chi connectivity index (χ3n) is 1.33. The molecule has 1 rings (SSSR count). The van der Waals surface area contributed by atoms with E-state index in [2.05, 4.69) is 0 Å². The SMILES string of the molecule is O=C(O)COc1cc(Cl)c(Cl)cc1Cl.[Zn]. The molecule has 0 aromatic heterocycles. The van der Waals surface area contributed by atoms with Crippen LogP contribution in [0.25, 0.3) is 0 Å². The molecule has 0 fully saturated rings. The van der Waals surface area contributed by atoms with Crippen molar-refractivity contribution in [2.45, 2.75) is 0 Å². The largest absolute Gasteiger partial charge is 0.480 e. The first-order chi connectivity index (χ1) is 6.50. The molecule has 1 aromatic rings. The molecule has 78 valence electrons. The summed E-state index contributed by atoms with van der Waals surface area (Å²) in [4.78, 5) is 10.2. The summed E-state index contributed by atoms with van der Waals surface area (Å²) >= 11 is 17.1. The van der Waals surface area contributed by atoms with Crippen molar-refractivity contribution < 1.29 is 34.1 Å². The Hall–Kier alpha value is -0.0166. The molecule has 0 aliphatic carbocycles. The number of carboxylic acid groups (broad SMARTS) is 1. The van der Waals surface area contributed by atoms with Crippen molar-refractivity contribution in [1.82, 2.24) is 0 Å². The third-order valence-corrected chi connectivity index (χ3v) is 2.34. The van der Waals surface area contributed by atoms with Crippen LogP contribution in [0.1, 0.15) is 0 Å². The van der Waals surface area contributed by atoms with Gasteiger partial charge in [0.2, 0.25) is 0 Å². The van der Waals surface area contributed by atoms with Crippen LogP contribution in [0.5, 0.6) is 5.75 Å². The number of aliphatic carboxylic acids is 1. The number of carbonyl (C=O) groups is 1. The van der Waals surface area contributed by atoms with Gasteiger partial charge in [0.15, 0.2) is 6.61 Å². The Labute approximate surface area is 114 Å². The quantitative estimate of drug-likeness (QED) is 0.687. The molecule has 1 N–H and O–H groups in total. The summed E-state index contributed by atoms with van der Waals surface area (Å²) in [7, 11) is 0. The first-order valence-electron chi connectivity index (χ1n) is 3.50. The minimum Gasteiger partial charge on any atom is -0.480 e. The van der Waals surface area contributed by atoms with Crippen LogP contribution >= 0.6 is 34.8 Å². The number of hydrogen-bond acceptors (Lipinski definition) is 2. The van der Waals surface area contributed by atoms with Crippen molar-refractivity contribution in [2.75, 3.05) is 6.61 Å². The number of ether oxygens (including phenoxy) is 1. The zero-order chi connectivity index (χ0) is 10.7. The maximum atomic E-state index is 10.2. The molecule has 0 saturated heterocycles. The van der Waals surface area contributed by atoms with Crippen molar-refractivity contribution in [1.29, 1.82) is 0 Å². The smallest absolute Gasteiger partial charge is 0.341 e. The summed E-state index contributed by atoms with van der Waals surface area (Å²) < 4.78 is 4.86. The van der Waals surface area contributed by atoms with Gasteiger partial charge in [-0.1, -0.05) is 34.8 Å². The van der Waals surface area contributed by atoms with Crippen LogP contribution in [-0.4, -0.2) is 17.7 Å². The number of rotatable bonds is 3. The predicted molar refractivity (Wildman–Crippen MR) is 54.6 cm³/mol. The van der Waals surface area contributed by atoms with E-state index in [9.17, 15) is 4.79 Å². The Morgan fingerprint density at radius 2 is 1.73 bits per heavy atom. The van der Waals surface area contributed by atoms with Gasteiger partial charge < -0.3 is 9.84 Å². The summed E-state index contributed by atoms with van der Waals surface area (Å²) in [5.74, 6) is -0.893. The fourth-order valence-corrected chi connectivity index (χ4v) is 1.35. The van der Waals surface area contributed by atoms with Crippen LogP contribution in [0.3, 0.4) is 0 Å². The second-order valence-electron chi connectivity index (χ2n) is 2.38. The minimum absolute atomic E-state index is 0. The van der Waals surface area contributed by atoms with Crippen LogP contribution in [0.2, 0.25) is 15.1 Å². The average molecular weight is 321 g/mol. The zero-order valence-electron chi connectivity index (χ0n) is 7.47. The molecule has 7 heteroatoms. The van der Waals surface area contributed by atoms with Crippen LogP contribution in [0, 0.1) is 0 Å². The molecule has 0 heterocycles. The van der Waals surface area contributed by atoms with E-state index in [1.807, 2.05) is 0 Å². The van der Waals surface area contributed by atoms with Gasteiger partial charge in [-0.2, -0.15) is 0 Å². The van der Waals surface area contributed by atoms with Gasteiger partial charge in [-0.25, -0.2) is 4.79 Å². The monoisotopic (exact) mass is 318 g/mol. The number of benzene rings is 1. The van der Waals surface area contributed by atoms with Crippen LogP contribution in [-0.2, 0) is 24.3 Å². The van der Waals surface area contributed by atoms with Crippen molar-refractivity contribution in [3.8, 4) is 5.75 Å². The molecule has 15 heavy (non-hydrogen) atoms. The van der Waals surface area contributed by atoms with Crippen molar-refractivity contribution in [3.05, 3.63) is 27.2 Å². The first kappa shape index (κ1) is 15.0. The summed E-state index contributed by atoms with van der Waals surface area (Å²) in [5, 5.41) is 9.14. The molecule has 0 unspecified atom stereocenters. The molecule has 0 aliphatic rings. The first-order valence-corrected chi connectivity index (χ1v) is 4.63. The summed E-state index contributed by atoms with van der Waals surface area (Å²) in [6.07, 6.45) is 0. The Morgan fingerprint density at radius 3 is 2.27 bits per heavy atom. The molecule has 0 spiro atoms. The molecule has 0 bridgehead atoms. The van der Waals surface area contributed by atoms with Crippen molar-refractivity contribution in [3.63, 3.8) is 0 Å². The molecule has 1 aromatic carbocycles. The molecular weight excluding hydrogens is 316 g/mol. The van der Waals surface area contributed by atoms with Gasteiger partial charge in [-0.15, -0.1) is 0 Å². The Bertz CT molecular complexity index is 370. The molecule has 0 amide bonds. The molecule has 0 saturated carbocycles. The molecule has 0 radical (unpaired) electrons. The predicted octanol–water partition coefficient (Wildman–Crippen LogP) is 3.11. The maximum Gasteiger partial charge on any atom is 0.341 e. The van der Waals surface area contributed by atoms with E-state index in [1.165, 1.54) is 12.1 Å². The molecule has 0 aliphatic heterocycles. The second kappa shape index (κ2) is 6.54. The topological polar surface area (TPSA) is 46.5 Å². The summed E-state index contributed by atoms with van der Waals surface area (Å²) in [6.45, 7) is -0.475. The molecular formula is C8H5Cl3O3Zn. The average Bonchev–Trinajstić information content (AvgIpc) is 2.09. The van der Waals surface area contributed by atoms with E-state index in [0.29, 0.717) is 5.02 Å². The standard InChI is InChI=1S/C8H5Cl3O3.Zn/c9-4-1-6(11)7(2-5(4)10)14-3-8(12)13;/h1-2H,3H2,(H,12,13);. The van der Waals surface area contributed by atoms with Gasteiger partial charge in [0, 0.05) is 25.5 Å². The van der Waals surface area contributed by atoms with Crippen LogP contribution in [0.4, 0.5) is 0 Å². The second-order valence-corrected chi connectivity index (χ2v) is 3.60. The van der Waals surface area contributed by atoms with E-state index in [4.69, 9.17) is 44.6 Å². The van der Waals surface area contributed by atoms with E-state index in [1.54, 1.807) is 0 Å². The van der Waals surface area contributed by atoms with E-state index < -0.39 is 12.6 Å². The van der Waals surface area contributed by atoms with E-state index in [0.717, 1.165) is 0 Å². The van der Waals surface area contributed by atoms with Crippen molar-refractivity contribution >= 4 is 40.8 Å². The van der Waals surface area contributed by atoms with Gasteiger partial charge in [0.1, 0.15) is 5.75 Å². The molecule has 0 atom stereocenters. The Balaban J connectivity index is 0.00000196. The molecule has 3 nitrogen and oxygen atoms in total. The number of halogens is 3. The number of hydrogen-bond donors (Lipinski definition) is 1. The van der Waals surface area contributed by atoms with Gasteiger partial charge in [-0.3, -0.25) is 0 Å². The fourth-order valence-electron chi connectivity index (χ4n) is 0.754. The van der Waals surface area contributed by atoms with Gasteiger partial charge in [0.25, 0.3) is 0 Å². The van der Waals surface area contributed by atoms with Crippen molar-refractivity contribution in [2.24, 2.45) is 0 Å². The Morgan fingerprint density at radius 1 is 1.20 bits per heavy atom. The summed E-state index contributed by atoms with van der Waals surface area (Å²) in [5.41, 5.74) is 0. The number of carboxylic acids is 1. The summed E-state index contributed by atoms with van der Waals surface area (Å²) in [6, 6.07) is 2.76. The fraction of sp³-hybridized carbons (Fsp3) is 0.125. The zero-order valence-corrected chi connectivity index (χ0v) is 12.7. The van der Waals surface area contributed by atoms with E-state index in [-0.39, 0.29) is 35.3 Å². The maximum absolute atomic E-state index is 10.2. The third kappa shape index (κ3) is 4.56. The van der Waals surface area contributed by atoms with Crippen LogP contribution in [0.15, 0.2) is 12.1 Å². The van der Waals surface area contributed by atoms with Gasteiger partial charge in [0.05, 0.1) is 15.1 Å². The minimum atomic E-state index is -1.09. The van der Waals surface area contributed by atoms with E-state index >= 15 is 0 Å².